The number of nitrogens with zero attached hydrogens (tertiary/aromatic N) is 2. The Hall–Kier alpha value is -3.33. The molecule has 0 aliphatic rings. The van der Waals surface area contributed by atoms with Gasteiger partial charge >= 0.3 is 0 Å². The van der Waals surface area contributed by atoms with Gasteiger partial charge in [-0.15, -0.1) is 11.3 Å². The minimum atomic E-state index is -0.818. The standard InChI is InChI=1S/C22H23FN4O3S/c1-6-14-10-31-22(25-14)26-21(30)19(28)18-12(3)17(13(4)27(18)5)20(29)24-15-7-8-16(23)11(2)9-15/h7-10H,6H2,1-5H3,(H,24,29)(H,25,26,30). The largest absolute Gasteiger partial charge is 0.344 e. The van der Waals surface area contributed by atoms with Crippen LogP contribution in [0.25, 0.3) is 0 Å². The van der Waals surface area contributed by atoms with Crippen molar-refractivity contribution in [1.29, 1.82) is 0 Å². The second kappa shape index (κ2) is 8.81. The molecule has 0 fully saturated rings. The van der Waals surface area contributed by atoms with E-state index in [1.807, 2.05) is 12.3 Å². The first-order chi connectivity index (χ1) is 14.6. The summed E-state index contributed by atoms with van der Waals surface area (Å²) in [5, 5.41) is 7.42. The predicted octanol–water partition coefficient (Wildman–Crippen LogP) is 4.18. The molecular weight excluding hydrogens is 419 g/mol. The Morgan fingerprint density at radius 1 is 1.16 bits per heavy atom. The molecule has 2 aromatic heterocycles. The van der Waals surface area contributed by atoms with E-state index in [1.54, 1.807) is 27.8 Å². The van der Waals surface area contributed by atoms with Crippen LogP contribution in [0.2, 0.25) is 0 Å². The smallest absolute Gasteiger partial charge is 0.300 e. The molecule has 0 aliphatic carbocycles. The van der Waals surface area contributed by atoms with Gasteiger partial charge < -0.3 is 9.88 Å². The maximum Gasteiger partial charge on any atom is 0.300 e. The van der Waals surface area contributed by atoms with E-state index >= 15 is 0 Å². The second-order valence-electron chi connectivity index (χ2n) is 7.19. The molecular formula is C22H23FN4O3S. The fourth-order valence-electron chi connectivity index (χ4n) is 3.34. The van der Waals surface area contributed by atoms with Crippen molar-refractivity contribution in [2.75, 3.05) is 10.6 Å². The highest BCUT2D eigenvalue weighted by Gasteiger charge is 2.29. The van der Waals surface area contributed by atoms with Gasteiger partial charge in [0.25, 0.3) is 17.6 Å². The Labute approximate surface area is 183 Å². The number of hydrogen-bond donors (Lipinski definition) is 2. The molecule has 0 saturated heterocycles. The van der Waals surface area contributed by atoms with Gasteiger partial charge in [0.15, 0.2) is 5.13 Å². The Bertz CT molecular complexity index is 1200. The highest BCUT2D eigenvalue weighted by atomic mass is 32.1. The first-order valence-corrected chi connectivity index (χ1v) is 10.5. The number of aryl methyl sites for hydroxylation is 2. The number of amides is 2. The van der Waals surface area contributed by atoms with Crippen LogP contribution in [0.1, 0.15) is 50.3 Å². The summed E-state index contributed by atoms with van der Waals surface area (Å²) >= 11 is 1.25. The van der Waals surface area contributed by atoms with Crippen molar-refractivity contribution in [3.8, 4) is 0 Å². The third-order valence-electron chi connectivity index (χ3n) is 5.13. The SMILES string of the molecule is CCc1csc(NC(=O)C(=O)c2c(C)c(C(=O)Nc3ccc(F)c(C)c3)c(C)n2C)n1. The Kier molecular flexibility index (Phi) is 6.35. The van der Waals surface area contributed by atoms with Crippen LogP contribution >= 0.6 is 11.3 Å². The first kappa shape index (κ1) is 22.4. The van der Waals surface area contributed by atoms with Gasteiger partial charge in [0.1, 0.15) is 5.82 Å². The molecule has 0 spiro atoms. The lowest BCUT2D eigenvalue weighted by Gasteiger charge is -2.07. The molecule has 0 unspecified atom stereocenters. The highest BCUT2D eigenvalue weighted by molar-refractivity contribution is 7.14. The number of anilines is 2. The first-order valence-electron chi connectivity index (χ1n) is 9.67. The number of carbonyl (C=O) groups excluding carboxylic acids is 3. The average molecular weight is 443 g/mol. The summed E-state index contributed by atoms with van der Waals surface area (Å²) in [7, 11) is 1.63. The highest BCUT2D eigenvalue weighted by Crippen LogP contribution is 2.24. The summed E-state index contributed by atoms with van der Waals surface area (Å²) in [5.74, 6) is -2.38. The van der Waals surface area contributed by atoms with Crippen LogP contribution in [-0.4, -0.2) is 27.1 Å². The summed E-state index contributed by atoms with van der Waals surface area (Å²) in [6.07, 6.45) is 0.725. The van der Waals surface area contributed by atoms with Crippen LogP contribution < -0.4 is 10.6 Å². The number of halogens is 1. The third kappa shape index (κ3) is 4.41. The Balaban J connectivity index is 1.86. The molecule has 0 bridgehead atoms. The monoisotopic (exact) mass is 442 g/mol. The van der Waals surface area contributed by atoms with E-state index in [4.69, 9.17) is 0 Å². The second-order valence-corrected chi connectivity index (χ2v) is 8.05. The number of aromatic nitrogens is 2. The van der Waals surface area contributed by atoms with Crippen LogP contribution in [0.3, 0.4) is 0 Å². The molecule has 2 amide bonds. The summed E-state index contributed by atoms with van der Waals surface area (Å²) in [6.45, 7) is 6.87. The van der Waals surface area contributed by atoms with E-state index < -0.39 is 17.6 Å². The van der Waals surface area contributed by atoms with Crippen molar-refractivity contribution < 1.29 is 18.8 Å². The molecule has 162 valence electrons. The van der Waals surface area contributed by atoms with Crippen molar-refractivity contribution in [1.82, 2.24) is 9.55 Å². The quantitative estimate of drug-likeness (QED) is 0.442. The molecule has 1 aromatic carbocycles. The van der Waals surface area contributed by atoms with Gasteiger partial charge in [0.05, 0.1) is 17.0 Å². The van der Waals surface area contributed by atoms with Crippen LogP contribution in [0.5, 0.6) is 0 Å². The molecule has 7 nitrogen and oxygen atoms in total. The number of benzene rings is 1. The van der Waals surface area contributed by atoms with Crippen molar-refractivity contribution in [3.63, 3.8) is 0 Å². The van der Waals surface area contributed by atoms with E-state index in [9.17, 15) is 18.8 Å². The number of hydrogen-bond acceptors (Lipinski definition) is 5. The van der Waals surface area contributed by atoms with Crippen LogP contribution in [0, 0.1) is 26.6 Å². The Morgan fingerprint density at radius 2 is 1.87 bits per heavy atom. The number of carbonyl (C=O) groups is 3. The fraction of sp³-hybridized carbons (Fsp3) is 0.273. The fourth-order valence-corrected chi connectivity index (χ4v) is 4.13. The lowest BCUT2D eigenvalue weighted by Crippen LogP contribution is -2.25. The topological polar surface area (TPSA) is 93.1 Å². The zero-order chi connectivity index (χ0) is 22.9. The normalized spacial score (nSPS) is 10.8. The van der Waals surface area contributed by atoms with Gasteiger partial charge in [-0.3, -0.25) is 19.7 Å². The number of thiazole rings is 1. The lowest BCUT2D eigenvalue weighted by atomic mass is 10.1. The lowest BCUT2D eigenvalue weighted by molar-refractivity contribution is -0.112. The number of nitrogens with one attached hydrogen (secondary N) is 2. The molecule has 3 aromatic rings. The third-order valence-corrected chi connectivity index (χ3v) is 5.94. The molecule has 2 heterocycles. The molecule has 0 radical (unpaired) electrons. The molecule has 2 N–H and O–H groups in total. The molecule has 9 heteroatoms. The zero-order valence-electron chi connectivity index (χ0n) is 17.9. The average Bonchev–Trinajstić information content (AvgIpc) is 3.26. The van der Waals surface area contributed by atoms with Crippen molar-refractivity contribution >= 4 is 39.8 Å². The maximum absolute atomic E-state index is 13.5. The van der Waals surface area contributed by atoms with Crippen molar-refractivity contribution in [3.05, 3.63) is 63.2 Å². The van der Waals surface area contributed by atoms with Gasteiger partial charge in [0.2, 0.25) is 0 Å². The molecule has 0 atom stereocenters. The van der Waals surface area contributed by atoms with E-state index in [2.05, 4.69) is 15.6 Å². The van der Waals surface area contributed by atoms with Crippen LogP contribution in [0.15, 0.2) is 23.6 Å². The zero-order valence-corrected chi connectivity index (χ0v) is 18.7. The van der Waals surface area contributed by atoms with Gasteiger partial charge in [-0.05, 0) is 56.5 Å². The summed E-state index contributed by atoms with van der Waals surface area (Å²) in [5.41, 5.74) is 3.02. The van der Waals surface area contributed by atoms with E-state index in [1.165, 1.54) is 34.1 Å². The van der Waals surface area contributed by atoms with E-state index in [0.717, 1.165) is 12.1 Å². The summed E-state index contributed by atoms with van der Waals surface area (Å²) in [4.78, 5) is 42.5. The van der Waals surface area contributed by atoms with Gasteiger partial charge in [0, 0.05) is 23.8 Å². The van der Waals surface area contributed by atoms with Gasteiger partial charge in [-0.1, -0.05) is 6.92 Å². The van der Waals surface area contributed by atoms with E-state index in [-0.39, 0.29) is 11.5 Å². The molecule has 31 heavy (non-hydrogen) atoms. The van der Waals surface area contributed by atoms with Crippen molar-refractivity contribution in [2.45, 2.75) is 34.1 Å². The molecule has 3 rings (SSSR count). The molecule has 0 saturated carbocycles. The summed E-state index contributed by atoms with van der Waals surface area (Å²) in [6, 6.07) is 4.27. The van der Waals surface area contributed by atoms with Crippen LogP contribution in [-0.2, 0) is 18.3 Å². The number of rotatable bonds is 6. The van der Waals surface area contributed by atoms with Crippen molar-refractivity contribution in [2.24, 2.45) is 7.05 Å². The van der Waals surface area contributed by atoms with E-state index in [0.29, 0.717) is 33.2 Å². The number of Topliss-reactive ketones (excluding diaryl/α,β-unsaturated/α-hetero) is 1. The minimum absolute atomic E-state index is 0.128. The molecule has 0 aliphatic heterocycles. The minimum Gasteiger partial charge on any atom is -0.344 e. The summed E-state index contributed by atoms with van der Waals surface area (Å²) < 4.78 is 15.0. The van der Waals surface area contributed by atoms with Gasteiger partial charge in [-0.25, -0.2) is 9.37 Å². The number of ketones is 1. The maximum atomic E-state index is 13.5. The Morgan fingerprint density at radius 3 is 2.48 bits per heavy atom. The van der Waals surface area contributed by atoms with Gasteiger partial charge in [-0.2, -0.15) is 0 Å². The predicted molar refractivity (Wildman–Crippen MR) is 118 cm³/mol. The van der Waals surface area contributed by atoms with Crippen LogP contribution in [0.4, 0.5) is 15.2 Å².